The lowest BCUT2D eigenvalue weighted by molar-refractivity contribution is -0.120. The summed E-state index contributed by atoms with van der Waals surface area (Å²) < 4.78 is 0. The van der Waals surface area contributed by atoms with E-state index in [0.717, 1.165) is 16.5 Å². The van der Waals surface area contributed by atoms with Gasteiger partial charge in [0.05, 0.1) is 0 Å². The first-order chi connectivity index (χ1) is 10.0. The number of nitrogens with one attached hydrogen (secondary N) is 2. The molecule has 0 unspecified atom stereocenters. The van der Waals surface area contributed by atoms with Crippen LogP contribution in [0.2, 0.25) is 0 Å². The Morgan fingerprint density at radius 3 is 2.71 bits per heavy atom. The average Bonchev–Trinajstić information content (AvgIpc) is 2.45. The van der Waals surface area contributed by atoms with Gasteiger partial charge in [-0.3, -0.25) is 9.59 Å². The van der Waals surface area contributed by atoms with Crippen LogP contribution < -0.4 is 10.9 Å². The summed E-state index contributed by atoms with van der Waals surface area (Å²) in [6, 6.07) is 5.91. The van der Waals surface area contributed by atoms with Crippen LogP contribution >= 0.6 is 0 Å². The Morgan fingerprint density at radius 1 is 1.29 bits per heavy atom. The average molecular weight is 284 g/mol. The maximum absolute atomic E-state index is 12.1. The first kappa shape index (κ1) is 15.0. The summed E-state index contributed by atoms with van der Waals surface area (Å²) in [6.07, 6.45) is 2.36. The van der Waals surface area contributed by atoms with Crippen LogP contribution in [0.5, 0.6) is 0 Å². The van der Waals surface area contributed by atoms with Crippen molar-refractivity contribution in [1.29, 1.82) is 0 Å². The van der Waals surface area contributed by atoms with Gasteiger partial charge >= 0.3 is 0 Å². The fraction of sp³-hybridized carbons (Fsp3) is 0.294. The van der Waals surface area contributed by atoms with Crippen LogP contribution in [-0.4, -0.2) is 17.4 Å². The number of fused-ring (bicyclic) bond motifs is 1. The molecule has 0 saturated carbocycles. The van der Waals surface area contributed by atoms with E-state index in [1.54, 1.807) is 6.08 Å². The number of hydrogen-bond donors (Lipinski definition) is 2. The molecule has 1 amide bonds. The molecular formula is C17H20N2O2. The summed E-state index contributed by atoms with van der Waals surface area (Å²) in [6.45, 7) is 8.06. The summed E-state index contributed by atoms with van der Waals surface area (Å²) >= 11 is 0. The molecule has 4 heteroatoms. The number of pyridine rings is 1. The van der Waals surface area contributed by atoms with E-state index >= 15 is 0 Å². The van der Waals surface area contributed by atoms with Crippen LogP contribution in [0.25, 0.3) is 10.9 Å². The second kappa shape index (κ2) is 6.39. The van der Waals surface area contributed by atoms with Gasteiger partial charge in [-0.15, -0.1) is 6.58 Å². The smallest absolute Gasteiger partial charge is 0.251 e. The number of H-pyrrole nitrogens is 1. The number of aromatic amines is 1. The quantitative estimate of drug-likeness (QED) is 0.828. The van der Waals surface area contributed by atoms with Crippen molar-refractivity contribution in [2.45, 2.75) is 26.7 Å². The molecule has 1 heterocycles. The van der Waals surface area contributed by atoms with E-state index in [1.807, 2.05) is 26.0 Å². The third-order valence-electron chi connectivity index (χ3n) is 3.60. The minimum Gasteiger partial charge on any atom is -0.353 e. The molecule has 0 radical (unpaired) electrons. The van der Waals surface area contributed by atoms with Gasteiger partial charge in [-0.05, 0) is 55.0 Å². The highest BCUT2D eigenvalue weighted by molar-refractivity contribution is 5.81. The van der Waals surface area contributed by atoms with Gasteiger partial charge in [-0.2, -0.15) is 0 Å². The molecule has 0 aliphatic heterocycles. The Morgan fingerprint density at radius 2 is 2.00 bits per heavy atom. The topological polar surface area (TPSA) is 62.0 Å². The van der Waals surface area contributed by atoms with Gasteiger partial charge < -0.3 is 10.3 Å². The van der Waals surface area contributed by atoms with E-state index in [9.17, 15) is 9.59 Å². The Hall–Kier alpha value is -2.36. The second-order valence-corrected chi connectivity index (χ2v) is 5.24. The maximum Gasteiger partial charge on any atom is 0.251 e. The van der Waals surface area contributed by atoms with Crippen LogP contribution in [0.1, 0.15) is 23.1 Å². The monoisotopic (exact) mass is 284 g/mol. The number of rotatable bonds is 5. The fourth-order valence-electron chi connectivity index (χ4n) is 2.23. The lowest BCUT2D eigenvalue weighted by atomic mass is 10.0. The van der Waals surface area contributed by atoms with E-state index in [1.165, 1.54) is 5.56 Å². The number of benzene rings is 1. The molecule has 4 nitrogen and oxygen atoms in total. The third-order valence-corrected chi connectivity index (χ3v) is 3.60. The maximum atomic E-state index is 12.1. The van der Waals surface area contributed by atoms with Crippen molar-refractivity contribution in [2.75, 3.05) is 6.54 Å². The zero-order chi connectivity index (χ0) is 15.4. The standard InChI is InChI=1S/C17H20N2O2/c1-4-7-18-16(20)6-5-13-10-14-8-11(2)12(3)9-15(14)19-17(13)21/h4,8-10H,1,5-7H2,2-3H3,(H,18,20)(H,19,21). The van der Waals surface area contributed by atoms with Crippen molar-refractivity contribution in [3.63, 3.8) is 0 Å². The number of carbonyl (C=O) groups is 1. The Kier molecular flexibility index (Phi) is 4.58. The van der Waals surface area contributed by atoms with Crippen molar-refractivity contribution < 1.29 is 4.79 Å². The van der Waals surface area contributed by atoms with Crippen LogP contribution in [-0.2, 0) is 11.2 Å². The SMILES string of the molecule is C=CCNC(=O)CCc1cc2cc(C)c(C)cc2[nH]c1=O. The zero-order valence-electron chi connectivity index (χ0n) is 12.5. The molecule has 1 aromatic heterocycles. The Balaban J connectivity index is 2.22. The fourth-order valence-corrected chi connectivity index (χ4v) is 2.23. The highest BCUT2D eigenvalue weighted by Crippen LogP contribution is 2.17. The number of hydrogen-bond acceptors (Lipinski definition) is 2. The zero-order valence-corrected chi connectivity index (χ0v) is 12.5. The van der Waals surface area contributed by atoms with Crippen molar-refractivity contribution in [1.82, 2.24) is 10.3 Å². The van der Waals surface area contributed by atoms with Crippen molar-refractivity contribution in [3.05, 3.63) is 57.9 Å². The molecule has 0 atom stereocenters. The van der Waals surface area contributed by atoms with Gasteiger partial charge in [0.25, 0.3) is 5.56 Å². The van der Waals surface area contributed by atoms with Crippen molar-refractivity contribution in [3.8, 4) is 0 Å². The highest BCUT2D eigenvalue weighted by atomic mass is 16.1. The first-order valence-corrected chi connectivity index (χ1v) is 7.02. The van der Waals surface area contributed by atoms with Crippen LogP contribution in [0, 0.1) is 13.8 Å². The minimum atomic E-state index is -0.123. The third kappa shape index (κ3) is 3.60. The van der Waals surface area contributed by atoms with E-state index < -0.39 is 0 Å². The molecule has 2 N–H and O–H groups in total. The highest BCUT2D eigenvalue weighted by Gasteiger charge is 2.07. The normalized spacial score (nSPS) is 10.6. The summed E-state index contributed by atoms with van der Waals surface area (Å²) in [7, 11) is 0. The molecule has 0 saturated heterocycles. The van der Waals surface area contributed by atoms with E-state index in [2.05, 4.69) is 22.9 Å². The van der Waals surface area contributed by atoms with E-state index in [4.69, 9.17) is 0 Å². The van der Waals surface area contributed by atoms with Gasteiger partial charge in [0.2, 0.25) is 5.91 Å². The predicted molar refractivity (Wildman–Crippen MR) is 85.6 cm³/mol. The molecule has 2 rings (SSSR count). The Labute approximate surface area is 123 Å². The summed E-state index contributed by atoms with van der Waals surface area (Å²) in [5.41, 5.74) is 3.68. The van der Waals surface area contributed by atoms with Crippen LogP contribution in [0.15, 0.2) is 35.6 Å². The molecular weight excluding hydrogens is 264 g/mol. The molecule has 0 aliphatic rings. The molecule has 0 aliphatic carbocycles. The van der Waals surface area contributed by atoms with Crippen molar-refractivity contribution >= 4 is 16.8 Å². The summed E-state index contributed by atoms with van der Waals surface area (Å²) in [5, 5.41) is 3.71. The molecule has 0 fully saturated rings. The van der Waals surface area contributed by atoms with Crippen molar-refractivity contribution in [2.24, 2.45) is 0 Å². The predicted octanol–water partition coefficient (Wildman–Crippen LogP) is 2.38. The van der Waals surface area contributed by atoms with Gasteiger partial charge in [-0.1, -0.05) is 6.08 Å². The van der Waals surface area contributed by atoms with Crippen LogP contribution in [0.4, 0.5) is 0 Å². The second-order valence-electron chi connectivity index (χ2n) is 5.24. The number of amides is 1. The van der Waals surface area contributed by atoms with Gasteiger partial charge in [-0.25, -0.2) is 0 Å². The van der Waals surface area contributed by atoms with Gasteiger partial charge in [0.15, 0.2) is 0 Å². The minimum absolute atomic E-state index is 0.0746. The lowest BCUT2D eigenvalue weighted by Gasteiger charge is -2.07. The number of carbonyl (C=O) groups excluding carboxylic acids is 1. The molecule has 2 aromatic rings. The summed E-state index contributed by atoms with van der Waals surface area (Å²) in [4.78, 5) is 26.5. The van der Waals surface area contributed by atoms with Gasteiger partial charge in [0.1, 0.15) is 0 Å². The number of aromatic nitrogens is 1. The Bertz CT molecular complexity index is 744. The van der Waals surface area contributed by atoms with E-state index in [-0.39, 0.29) is 11.5 Å². The molecule has 0 bridgehead atoms. The summed E-state index contributed by atoms with van der Waals surface area (Å²) in [5.74, 6) is -0.0746. The molecule has 1 aromatic carbocycles. The first-order valence-electron chi connectivity index (χ1n) is 7.02. The van der Waals surface area contributed by atoms with Gasteiger partial charge in [0, 0.05) is 24.0 Å². The van der Waals surface area contributed by atoms with E-state index in [0.29, 0.717) is 24.9 Å². The number of aryl methyl sites for hydroxylation is 3. The largest absolute Gasteiger partial charge is 0.353 e. The lowest BCUT2D eigenvalue weighted by Crippen LogP contribution is -2.24. The molecule has 110 valence electrons. The van der Waals surface area contributed by atoms with Crippen LogP contribution in [0.3, 0.4) is 0 Å². The molecule has 21 heavy (non-hydrogen) atoms. The molecule has 0 spiro atoms.